The molecule has 1 aromatic heterocycles. The molecule has 0 unspecified atom stereocenters. The molecule has 0 saturated carbocycles. The molecule has 0 aliphatic rings. The number of aryl methyl sites for hydroxylation is 2. The van der Waals surface area contributed by atoms with E-state index in [1.54, 1.807) is 6.07 Å². The van der Waals surface area contributed by atoms with Gasteiger partial charge in [0.2, 0.25) is 0 Å². The SMILES string of the molecule is CCCCCCCCCCCCCCCCCc1nc2cc(C(F)(F)F)ccc2n1CCCN(C)C. The molecule has 2 aromatic rings. The molecule has 0 aliphatic heterocycles. The molecule has 6 heteroatoms. The van der Waals surface area contributed by atoms with Gasteiger partial charge in [-0.25, -0.2) is 4.98 Å². The lowest BCUT2D eigenvalue weighted by Crippen LogP contribution is -2.16. The largest absolute Gasteiger partial charge is 0.416 e. The number of fused-ring (bicyclic) bond motifs is 1. The zero-order chi connectivity index (χ0) is 26.2. The lowest BCUT2D eigenvalue weighted by Gasteiger charge is -2.13. The second kappa shape index (κ2) is 17.0. The normalized spacial score (nSPS) is 12.3. The number of rotatable bonds is 20. The van der Waals surface area contributed by atoms with Gasteiger partial charge in [0, 0.05) is 13.0 Å². The first kappa shape index (κ1) is 30.7. The Labute approximate surface area is 217 Å². The minimum atomic E-state index is -4.34. The molecule has 3 nitrogen and oxygen atoms in total. The maximum atomic E-state index is 13.2. The minimum Gasteiger partial charge on any atom is -0.328 e. The van der Waals surface area contributed by atoms with Gasteiger partial charge in [-0.15, -0.1) is 0 Å². The predicted molar refractivity (Wildman–Crippen MR) is 147 cm³/mol. The summed E-state index contributed by atoms with van der Waals surface area (Å²) in [5.41, 5.74) is 0.662. The third-order valence-corrected chi connectivity index (χ3v) is 7.15. The number of aromatic nitrogens is 2. The van der Waals surface area contributed by atoms with E-state index in [4.69, 9.17) is 0 Å². The molecule has 0 bridgehead atoms. The van der Waals surface area contributed by atoms with Crippen LogP contribution >= 0.6 is 0 Å². The van der Waals surface area contributed by atoms with Gasteiger partial charge in [-0.2, -0.15) is 13.2 Å². The van der Waals surface area contributed by atoms with Crippen molar-refractivity contribution in [3.8, 4) is 0 Å². The minimum absolute atomic E-state index is 0.464. The summed E-state index contributed by atoms with van der Waals surface area (Å²) < 4.78 is 41.7. The maximum Gasteiger partial charge on any atom is 0.416 e. The monoisotopic (exact) mass is 509 g/mol. The summed E-state index contributed by atoms with van der Waals surface area (Å²) in [5, 5.41) is 0. The molecule has 0 saturated heterocycles. The lowest BCUT2D eigenvalue weighted by molar-refractivity contribution is -0.137. The number of halogens is 3. The molecule has 1 aromatic carbocycles. The van der Waals surface area contributed by atoms with Gasteiger partial charge in [0.1, 0.15) is 5.82 Å². The van der Waals surface area contributed by atoms with Crippen molar-refractivity contribution in [1.82, 2.24) is 14.5 Å². The van der Waals surface area contributed by atoms with E-state index in [9.17, 15) is 13.2 Å². The number of unbranched alkanes of at least 4 members (excludes halogenated alkanes) is 14. The van der Waals surface area contributed by atoms with Crippen LogP contribution < -0.4 is 0 Å². The summed E-state index contributed by atoms with van der Waals surface area (Å²) in [6.45, 7) is 4.00. The van der Waals surface area contributed by atoms with E-state index in [0.29, 0.717) is 5.52 Å². The number of imidazole rings is 1. The van der Waals surface area contributed by atoms with Gasteiger partial charge in [0.15, 0.2) is 0 Å². The molecule has 1 heterocycles. The summed E-state index contributed by atoms with van der Waals surface area (Å²) in [5.74, 6) is 0.928. The van der Waals surface area contributed by atoms with Gasteiger partial charge in [-0.1, -0.05) is 96.8 Å². The smallest absolute Gasteiger partial charge is 0.328 e. The first-order chi connectivity index (χ1) is 17.3. The number of hydrogen-bond donors (Lipinski definition) is 0. The van der Waals surface area contributed by atoms with Crippen LogP contribution in [0.1, 0.15) is 121 Å². The fourth-order valence-corrected chi connectivity index (χ4v) is 5.00. The number of hydrogen-bond acceptors (Lipinski definition) is 2. The van der Waals surface area contributed by atoms with Gasteiger partial charge >= 0.3 is 6.18 Å². The van der Waals surface area contributed by atoms with Crippen LogP contribution in [-0.2, 0) is 19.1 Å². The van der Waals surface area contributed by atoms with Crippen molar-refractivity contribution in [2.24, 2.45) is 0 Å². The highest BCUT2D eigenvalue weighted by molar-refractivity contribution is 5.77. The van der Waals surface area contributed by atoms with Crippen LogP contribution in [0.4, 0.5) is 13.2 Å². The van der Waals surface area contributed by atoms with Crippen LogP contribution in [0.15, 0.2) is 18.2 Å². The van der Waals surface area contributed by atoms with E-state index in [2.05, 4.69) is 21.4 Å². The summed E-state index contributed by atoms with van der Waals surface area (Å²) in [6, 6.07) is 3.98. The molecule has 0 radical (unpaired) electrons. The van der Waals surface area contributed by atoms with Crippen LogP contribution in [-0.4, -0.2) is 35.1 Å². The van der Waals surface area contributed by atoms with Crippen molar-refractivity contribution in [2.45, 2.75) is 129 Å². The quantitative estimate of drug-likeness (QED) is 0.166. The molecule has 0 fully saturated rings. The highest BCUT2D eigenvalue weighted by Crippen LogP contribution is 2.32. The molecule has 0 amide bonds. The number of nitrogens with zero attached hydrogens (tertiary/aromatic N) is 3. The first-order valence-corrected chi connectivity index (χ1v) is 14.5. The molecule has 0 aliphatic carbocycles. The van der Waals surface area contributed by atoms with Gasteiger partial charge in [-0.3, -0.25) is 0 Å². The van der Waals surface area contributed by atoms with E-state index in [1.165, 1.54) is 95.6 Å². The Morgan fingerprint density at radius 2 is 1.28 bits per heavy atom. The Hall–Kier alpha value is -1.56. The summed E-state index contributed by atoms with van der Waals surface area (Å²) in [4.78, 5) is 6.77. The fourth-order valence-electron chi connectivity index (χ4n) is 5.00. The summed E-state index contributed by atoms with van der Waals surface area (Å²) in [7, 11) is 4.08. The second-order valence-electron chi connectivity index (χ2n) is 10.7. The van der Waals surface area contributed by atoms with Crippen molar-refractivity contribution in [3.63, 3.8) is 0 Å². The van der Waals surface area contributed by atoms with E-state index >= 15 is 0 Å². The van der Waals surface area contributed by atoms with Crippen molar-refractivity contribution in [3.05, 3.63) is 29.6 Å². The molecule has 0 spiro atoms. The Kier molecular flexibility index (Phi) is 14.5. The topological polar surface area (TPSA) is 21.1 Å². The van der Waals surface area contributed by atoms with Gasteiger partial charge in [0.25, 0.3) is 0 Å². The lowest BCUT2D eigenvalue weighted by atomic mass is 10.0. The highest BCUT2D eigenvalue weighted by atomic mass is 19.4. The number of benzene rings is 1. The van der Waals surface area contributed by atoms with E-state index < -0.39 is 11.7 Å². The Balaban J connectivity index is 1.69. The Morgan fingerprint density at radius 3 is 1.78 bits per heavy atom. The third kappa shape index (κ3) is 11.7. The van der Waals surface area contributed by atoms with Gasteiger partial charge < -0.3 is 9.47 Å². The van der Waals surface area contributed by atoms with Crippen molar-refractivity contribution >= 4 is 11.0 Å². The van der Waals surface area contributed by atoms with Crippen LogP contribution in [0.2, 0.25) is 0 Å². The van der Waals surface area contributed by atoms with E-state index in [1.807, 2.05) is 14.1 Å². The van der Waals surface area contributed by atoms with E-state index in [0.717, 1.165) is 50.1 Å². The van der Waals surface area contributed by atoms with Gasteiger partial charge in [-0.05, 0) is 51.7 Å². The summed E-state index contributed by atoms with van der Waals surface area (Å²) >= 11 is 0. The molecule has 206 valence electrons. The molecule has 0 N–H and O–H groups in total. The summed E-state index contributed by atoms with van der Waals surface area (Å²) in [6.07, 6.45) is 17.3. The van der Waals surface area contributed by atoms with Crippen LogP contribution in [0, 0.1) is 0 Å². The highest BCUT2D eigenvalue weighted by Gasteiger charge is 2.31. The Bertz CT molecular complexity index is 842. The molecule has 36 heavy (non-hydrogen) atoms. The maximum absolute atomic E-state index is 13.2. The van der Waals surface area contributed by atoms with Crippen LogP contribution in [0.25, 0.3) is 11.0 Å². The zero-order valence-corrected chi connectivity index (χ0v) is 23.1. The van der Waals surface area contributed by atoms with Gasteiger partial charge in [0.05, 0.1) is 16.6 Å². The molecular weight excluding hydrogens is 459 g/mol. The average molecular weight is 510 g/mol. The number of alkyl halides is 3. The second-order valence-corrected chi connectivity index (χ2v) is 10.7. The van der Waals surface area contributed by atoms with Crippen molar-refractivity contribution in [1.29, 1.82) is 0 Å². The molecule has 2 rings (SSSR count). The molecule has 0 atom stereocenters. The Morgan fingerprint density at radius 1 is 0.750 bits per heavy atom. The van der Waals surface area contributed by atoms with Crippen LogP contribution in [0.3, 0.4) is 0 Å². The standard InChI is InChI=1S/C30H50F3N3/c1-4-5-6-7-8-9-10-11-12-13-14-15-16-17-18-20-29-34-27-25-26(30(31,32)33)21-22-28(27)36(29)24-19-23-35(2)3/h21-22,25H,4-20,23-24H2,1-3H3. The molecular formula is C30H50F3N3. The third-order valence-electron chi connectivity index (χ3n) is 7.15. The predicted octanol–water partition coefficient (Wildman–Crippen LogP) is 9.42. The fraction of sp³-hybridized carbons (Fsp3) is 0.767. The van der Waals surface area contributed by atoms with Crippen molar-refractivity contribution in [2.75, 3.05) is 20.6 Å². The zero-order valence-electron chi connectivity index (χ0n) is 23.1. The van der Waals surface area contributed by atoms with E-state index in [-0.39, 0.29) is 0 Å². The van der Waals surface area contributed by atoms with Crippen molar-refractivity contribution < 1.29 is 13.2 Å². The van der Waals surface area contributed by atoms with Crippen LogP contribution in [0.5, 0.6) is 0 Å². The average Bonchev–Trinajstić information content (AvgIpc) is 3.17. The first-order valence-electron chi connectivity index (χ1n) is 14.5.